The van der Waals surface area contributed by atoms with Gasteiger partial charge in [-0.25, -0.2) is 5.84 Å². The molecule has 2 N–H and O–H groups in total. The minimum absolute atomic E-state index is 0.00828. The fourth-order valence-corrected chi connectivity index (χ4v) is 2.35. The number of hydrogen-bond donors (Lipinski definition) is 1. The molecule has 0 saturated heterocycles. The van der Waals surface area contributed by atoms with Gasteiger partial charge in [0.05, 0.1) is 12.0 Å². The molecule has 1 aliphatic rings. The molecule has 0 heterocycles. The Hall–Kier alpha value is -1.55. The maximum Gasteiger partial charge on any atom is 0.246 e. The standard InChI is InChI=1S/C14H20N2O2/c1-4-18-12-6-5-11(9-10(12)2)14(7-8-14)13(17)16(3)15/h5-6,9H,4,7-8,15H2,1-3H3. The highest BCUT2D eigenvalue weighted by molar-refractivity contribution is 5.90. The second-order valence-electron chi connectivity index (χ2n) is 4.91. The van der Waals surface area contributed by atoms with Gasteiger partial charge in [0.2, 0.25) is 5.91 Å². The SMILES string of the molecule is CCOc1ccc(C2(C(=O)N(C)N)CC2)cc1C. The average molecular weight is 248 g/mol. The summed E-state index contributed by atoms with van der Waals surface area (Å²) < 4.78 is 5.51. The van der Waals surface area contributed by atoms with Crippen molar-refractivity contribution < 1.29 is 9.53 Å². The first-order valence-corrected chi connectivity index (χ1v) is 6.28. The molecule has 1 saturated carbocycles. The van der Waals surface area contributed by atoms with Gasteiger partial charge in [0.15, 0.2) is 0 Å². The molecule has 4 heteroatoms. The first-order valence-electron chi connectivity index (χ1n) is 6.28. The van der Waals surface area contributed by atoms with E-state index in [4.69, 9.17) is 10.6 Å². The number of carbonyl (C=O) groups excluding carboxylic acids is 1. The van der Waals surface area contributed by atoms with E-state index < -0.39 is 0 Å². The van der Waals surface area contributed by atoms with Crippen molar-refractivity contribution in [3.63, 3.8) is 0 Å². The second-order valence-corrected chi connectivity index (χ2v) is 4.91. The molecule has 18 heavy (non-hydrogen) atoms. The Morgan fingerprint density at radius 2 is 2.17 bits per heavy atom. The highest BCUT2D eigenvalue weighted by Crippen LogP contribution is 2.49. The van der Waals surface area contributed by atoms with Crippen molar-refractivity contribution in [1.29, 1.82) is 0 Å². The summed E-state index contributed by atoms with van der Waals surface area (Å²) in [4.78, 5) is 12.1. The minimum atomic E-state index is -0.390. The van der Waals surface area contributed by atoms with Crippen LogP contribution in [0.2, 0.25) is 0 Å². The highest BCUT2D eigenvalue weighted by Gasteiger charge is 2.52. The number of nitrogens with two attached hydrogens (primary N) is 1. The first-order chi connectivity index (χ1) is 8.51. The molecule has 0 bridgehead atoms. The number of aryl methyl sites for hydroxylation is 1. The molecule has 0 unspecified atom stereocenters. The molecule has 1 fully saturated rings. The number of hydrazine groups is 1. The number of hydrogen-bond acceptors (Lipinski definition) is 3. The van der Waals surface area contributed by atoms with Gasteiger partial charge >= 0.3 is 0 Å². The molecule has 0 spiro atoms. The van der Waals surface area contributed by atoms with Crippen molar-refractivity contribution in [2.45, 2.75) is 32.1 Å². The zero-order chi connectivity index (χ0) is 13.3. The van der Waals surface area contributed by atoms with E-state index in [-0.39, 0.29) is 11.3 Å². The summed E-state index contributed by atoms with van der Waals surface area (Å²) in [7, 11) is 1.60. The van der Waals surface area contributed by atoms with Crippen molar-refractivity contribution in [1.82, 2.24) is 5.01 Å². The van der Waals surface area contributed by atoms with E-state index in [2.05, 4.69) is 0 Å². The summed E-state index contributed by atoms with van der Waals surface area (Å²) in [6.07, 6.45) is 1.75. The van der Waals surface area contributed by atoms with Crippen LogP contribution in [0.3, 0.4) is 0 Å². The maximum absolute atomic E-state index is 12.1. The first kappa shape index (κ1) is 12.9. The zero-order valence-electron chi connectivity index (χ0n) is 11.2. The number of amides is 1. The molecule has 1 aromatic rings. The third-order valence-corrected chi connectivity index (χ3v) is 3.51. The van der Waals surface area contributed by atoms with Crippen LogP contribution in [0.15, 0.2) is 18.2 Å². The van der Waals surface area contributed by atoms with E-state index in [0.717, 1.165) is 29.7 Å². The smallest absolute Gasteiger partial charge is 0.246 e. The van der Waals surface area contributed by atoms with Gasteiger partial charge in [-0.05, 0) is 43.9 Å². The quantitative estimate of drug-likeness (QED) is 0.502. The molecule has 0 aromatic heterocycles. The Balaban J connectivity index is 2.30. The molecule has 1 amide bonds. The molecular weight excluding hydrogens is 228 g/mol. The van der Waals surface area contributed by atoms with Gasteiger partial charge in [-0.1, -0.05) is 12.1 Å². The van der Waals surface area contributed by atoms with Crippen LogP contribution in [0.4, 0.5) is 0 Å². The third kappa shape index (κ3) is 2.08. The Kier molecular flexibility index (Phi) is 3.30. The largest absolute Gasteiger partial charge is 0.494 e. The normalized spacial score (nSPS) is 16.2. The Morgan fingerprint density at radius 1 is 1.50 bits per heavy atom. The van der Waals surface area contributed by atoms with Crippen LogP contribution in [-0.2, 0) is 10.2 Å². The highest BCUT2D eigenvalue weighted by atomic mass is 16.5. The van der Waals surface area contributed by atoms with E-state index in [0.29, 0.717) is 6.61 Å². The summed E-state index contributed by atoms with van der Waals surface area (Å²) in [6.45, 7) is 4.61. The van der Waals surface area contributed by atoms with Gasteiger partial charge < -0.3 is 4.74 Å². The lowest BCUT2D eigenvalue weighted by Crippen LogP contribution is -2.41. The lowest BCUT2D eigenvalue weighted by Gasteiger charge is -2.20. The van der Waals surface area contributed by atoms with Gasteiger partial charge in [0, 0.05) is 7.05 Å². The number of benzene rings is 1. The van der Waals surface area contributed by atoms with E-state index in [1.807, 2.05) is 32.0 Å². The van der Waals surface area contributed by atoms with Gasteiger partial charge in [-0.3, -0.25) is 9.80 Å². The van der Waals surface area contributed by atoms with Crippen molar-refractivity contribution >= 4 is 5.91 Å². The number of nitrogens with zero attached hydrogens (tertiary/aromatic N) is 1. The van der Waals surface area contributed by atoms with Gasteiger partial charge in [-0.2, -0.15) is 0 Å². The molecule has 98 valence electrons. The summed E-state index contributed by atoms with van der Waals surface area (Å²) in [5.41, 5.74) is 1.72. The van der Waals surface area contributed by atoms with Crippen LogP contribution in [0, 0.1) is 6.92 Å². The lowest BCUT2D eigenvalue weighted by atomic mass is 9.93. The Labute approximate surface area is 108 Å². The van der Waals surface area contributed by atoms with Crippen LogP contribution in [-0.4, -0.2) is 24.6 Å². The molecule has 1 aliphatic carbocycles. The van der Waals surface area contributed by atoms with Crippen molar-refractivity contribution in [3.05, 3.63) is 29.3 Å². The van der Waals surface area contributed by atoms with E-state index >= 15 is 0 Å². The van der Waals surface area contributed by atoms with Crippen LogP contribution in [0.1, 0.15) is 30.9 Å². The van der Waals surface area contributed by atoms with Crippen LogP contribution in [0.5, 0.6) is 5.75 Å². The Morgan fingerprint density at radius 3 is 2.61 bits per heavy atom. The van der Waals surface area contributed by atoms with Gasteiger partial charge in [0.25, 0.3) is 0 Å². The topological polar surface area (TPSA) is 55.6 Å². The molecule has 0 radical (unpaired) electrons. The fraction of sp³-hybridized carbons (Fsp3) is 0.500. The molecule has 1 aromatic carbocycles. The van der Waals surface area contributed by atoms with E-state index in [1.165, 1.54) is 5.01 Å². The lowest BCUT2D eigenvalue weighted by molar-refractivity contribution is -0.132. The van der Waals surface area contributed by atoms with Crippen LogP contribution < -0.4 is 10.6 Å². The summed E-state index contributed by atoms with van der Waals surface area (Å²) >= 11 is 0. The number of carbonyl (C=O) groups is 1. The molecule has 4 nitrogen and oxygen atoms in total. The second kappa shape index (κ2) is 4.61. The van der Waals surface area contributed by atoms with Crippen molar-refractivity contribution in [2.24, 2.45) is 5.84 Å². The molecule has 0 aliphatic heterocycles. The Bertz CT molecular complexity index is 465. The van der Waals surface area contributed by atoms with E-state index in [1.54, 1.807) is 7.05 Å². The minimum Gasteiger partial charge on any atom is -0.494 e. The summed E-state index contributed by atoms with van der Waals surface area (Å²) in [6, 6.07) is 5.96. The van der Waals surface area contributed by atoms with Gasteiger partial charge in [0.1, 0.15) is 5.75 Å². The van der Waals surface area contributed by atoms with Crippen molar-refractivity contribution in [3.8, 4) is 5.75 Å². The summed E-state index contributed by atoms with van der Waals surface area (Å²) in [5.74, 6) is 6.45. The zero-order valence-corrected chi connectivity index (χ0v) is 11.2. The van der Waals surface area contributed by atoms with Crippen molar-refractivity contribution in [2.75, 3.05) is 13.7 Å². The fourth-order valence-electron chi connectivity index (χ4n) is 2.35. The number of likely N-dealkylation sites (N-methyl/N-ethyl adjacent to an activating group) is 1. The molecule has 0 atom stereocenters. The van der Waals surface area contributed by atoms with E-state index in [9.17, 15) is 4.79 Å². The maximum atomic E-state index is 12.1. The van der Waals surface area contributed by atoms with Crippen LogP contribution in [0.25, 0.3) is 0 Å². The van der Waals surface area contributed by atoms with Gasteiger partial charge in [-0.15, -0.1) is 0 Å². The average Bonchev–Trinajstić information content (AvgIpc) is 3.12. The number of rotatable bonds is 4. The predicted molar refractivity (Wildman–Crippen MR) is 70.2 cm³/mol. The molecule has 2 rings (SSSR count). The predicted octanol–water partition coefficient (Wildman–Crippen LogP) is 1.76. The summed E-state index contributed by atoms with van der Waals surface area (Å²) in [5, 5.41) is 1.19. The third-order valence-electron chi connectivity index (χ3n) is 3.51. The van der Waals surface area contributed by atoms with Crippen LogP contribution >= 0.6 is 0 Å². The number of ether oxygens (including phenoxy) is 1. The molecular formula is C14H20N2O2. The monoisotopic (exact) mass is 248 g/mol.